The predicted octanol–water partition coefficient (Wildman–Crippen LogP) is 3.18. The van der Waals surface area contributed by atoms with Crippen molar-refractivity contribution >= 4 is 29.2 Å². The maximum atomic E-state index is 13.1. The molecule has 0 saturated carbocycles. The summed E-state index contributed by atoms with van der Waals surface area (Å²) in [5.74, 6) is -0.695. The number of hydrogen-bond acceptors (Lipinski definition) is 2. The molecule has 2 aromatic rings. The minimum Gasteiger partial charge on any atom is -0.352 e. The summed E-state index contributed by atoms with van der Waals surface area (Å²) < 4.78 is 13.1. The molecule has 1 unspecified atom stereocenters. The first kappa shape index (κ1) is 16.3. The third kappa shape index (κ3) is 3.49. The third-order valence-electron chi connectivity index (χ3n) is 3.73. The van der Waals surface area contributed by atoms with E-state index in [0.717, 1.165) is 0 Å². The number of nitrogens with one attached hydrogen (secondary N) is 2. The number of benzene rings is 2. The Bertz CT molecular complexity index is 767. The number of piperazine rings is 1. The van der Waals surface area contributed by atoms with E-state index in [9.17, 15) is 14.0 Å². The lowest BCUT2D eigenvalue weighted by atomic mass is 10.0. The molecule has 7 heteroatoms. The molecule has 24 heavy (non-hydrogen) atoms. The van der Waals surface area contributed by atoms with Crippen molar-refractivity contribution in [3.63, 3.8) is 0 Å². The van der Waals surface area contributed by atoms with E-state index in [4.69, 9.17) is 11.6 Å². The summed E-state index contributed by atoms with van der Waals surface area (Å²) in [5, 5.41) is 5.96. The monoisotopic (exact) mass is 347 g/mol. The normalized spacial score (nSPS) is 17.3. The SMILES string of the molecule is O=C1NCCN(C(=O)Nc2cccc(Cl)c2)C1c1ccc(F)cc1. The predicted molar refractivity (Wildman–Crippen MR) is 89.3 cm³/mol. The van der Waals surface area contributed by atoms with Crippen LogP contribution in [0.4, 0.5) is 14.9 Å². The van der Waals surface area contributed by atoms with Crippen molar-refractivity contribution in [1.82, 2.24) is 10.2 Å². The summed E-state index contributed by atoms with van der Waals surface area (Å²) in [4.78, 5) is 26.3. The summed E-state index contributed by atoms with van der Waals surface area (Å²) in [6, 6.07) is 11.1. The Morgan fingerprint density at radius 2 is 2.00 bits per heavy atom. The van der Waals surface area contributed by atoms with Crippen molar-refractivity contribution in [2.45, 2.75) is 6.04 Å². The summed E-state index contributed by atoms with van der Waals surface area (Å²) >= 11 is 5.91. The Balaban J connectivity index is 1.84. The summed E-state index contributed by atoms with van der Waals surface area (Å²) in [6.45, 7) is 0.708. The van der Waals surface area contributed by atoms with E-state index in [1.165, 1.54) is 29.2 Å². The quantitative estimate of drug-likeness (QED) is 0.876. The Morgan fingerprint density at radius 1 is 1.25 bits per heavy atom. The van der Waals surface area contributed by atoms with Crippen molar-refractivity contribution < 1.29 is 14.0 Å². The minimum absolute atomic E-state index is 0.297. The summed E-state index contributed by atoms with van der Waals surface area (Å²) in [7, 11) is 0. The number of rotatable bonds is 2. The highest BCUT2D eigenvalue weighted by molar-refractivity contribution is 6.30. The first-order valence-electron chi connectivity index (χ1n) is 7.41. The van der Waals surface area contributed by atoms with Crippen molar-refractivity contribution in [2.75, 3.05) is 18.4 Å². The molecule has 2 aromatic carbocycles. The fourth-order valence-electron chi connectivity index (χ4n) is 2.62. The average molecular weight is 348 g/mol. The van der Waals surface area contributed by atoms with Crippen LogP contribution in [0.2, 0.25) is 5.02 Å². The molecule has 5 nitrogen and oxygen atoms in total. The van der Waals surface area contributed by atoms with Crippen molar-refractivity contribution in [1.29, 1.82) is 0 Å². The molecular formula is C17H15ClFN3O2. The molecule has 124 valence electrons. The highest BCUT2D eigenvalue weighted by Crippen LogP contribution is 2.25. The van der Waals surface area contributed by atoms with E-state index in [2.05, 4.69) is 10.6 Å². The largest absolute Gasteiger partial charge is 0.352 e. The van der Waals surface area contributed by atoms with E-state index in [-0.39, 0.29) is 5.91 Å². The van der Waals surface area contributed by atoms with Gasteiger partial charge >= 0.3 is 6.03 Å². The van der Waals surface area contributed by atoms with E-state index in [1.54, 1.807) is 24.3 Å². The molecule has 0 aromatic heterocycles. The molecule has 0 bridgehead atoms. The zero-order valence-electron chi connectivity index (χ0n) is 12.6. The van der Waals surface area contributed by atoms with E-state index in [0.29, 0.717) is 29.4 Å². The highest BCUT2D eigenvalue weighted by Gasteiger charge is 2.34. The van der Waals surface area contributed by atoms with Gasteiger partial charge in [0.25, 0.3) is 0 Å². The van der Waals surface area contributed by atoms with Crippen LogP contribution in [0.1, 0.15) is 11.6 Å². The van der Waals surface area contributed by atoms with Crippen LogP contribution in [0.5, 0.6) is 0 Å². The van der Waals surface area contributed by atoms with Crippen LogP contribution in [0.3, 0.4) is 0 Å². The minimum atomic E-state index is -0.807. The van der Waals surface area contributed by atoms with Crippen LogP contribution >= 0.6 is 11.6 Å². The third-order valence-corrected chi connectivity index (χ3v) is 3.97. The van der Waals surface area contributed by atoms with Gasteiger partial charge in [-0.2, -0.15) is 0 Å². The standard InChI is InChI=1S/C17H15ClFN3O2/c18-12-2-1-3-14(10-12)21-17(24)22-9-8-20-16(23)15(22)11-4-6-13(19)7-5-11/h1-7,10,15H,8-9H2,(H,20,23)(H,21,24). The molecule has 0 spiro atoms. The fraction of sp³-hybridized carbons (Fsp3) is 0.176. The number of halogens is 2. The molecule has 1 fully saturated rings. The second kappa shape index (κ2) is 6.88. The van der Waals surface area contributed by atoms with Gasteiger partial charge in [0.2, 0.25) is 5.91 Å². The van der Waals surface area contributed by atoms with Crippen LogP contribution in [-0.4, -0.2) is 29.9 Å². The van der Waals surface area contributed by atoms with Gasteiger partial charge in [0, 0.05) is 23.8 Å². The molecule has 3 amide bonds. The maximum Gasteiger partial charge on any atom is 0.322 e. The molecule has 0 radical (unpaired) electrons. The van der Waals surface area contributed by atoms with Gasteiger partial charge in [-0.1, -0.05) is 29.8 Å². The zero-order valence-corrected chi connectivity index (χ0v) is 13.4. The lowest BCUT2D eigenvalue weighted by Crippen LogP contribution is -2.53. The zero-order chi connectivity index (χ0) is 17.1. The van der Waals surface area contributed by atoms with Crippen LogP contribution in [0.25, 0.3) is 0 Å². The number of carbonyl (C=O) groups excluding carboxylic acids is 2. The molecule has 1 aliphatic heterocycles. The number of anilines is 1. The molecule has 2 N–H and O–H groups in total. The first-order chi connectivity index (χ1) is 11.5. The first-order valence-corrected chi connectivity index (χ1v) is 7.79. The van der Waals surface area contributed by atoms with E-state index in [1.807, 2.05) is 0 Å². The van der Waals surface area contributed by atoms with Crippen LogP contribution < -0.4 is 10.6 Å². The number of amides is 3. The highest BCUT2D eigenvalue weighted by atomic mass is 35.5. The second-order valence-electron chi connectivity index (χ2n) is 5.38. The van der Waals surface area contributed by atoms with Gasteiger partial charge in [0.1, 0.15) is 11.9 Å². The summed E-state index contributed by atoms with van der Waals surface area (Å²) in [5.41, 5.74) is 1.09. The van der Waals surface area contributed by atoms with Gasteiger partial charge in [-0.3, -0.25) is 4.79 Å². The van der Waals surface area contributed by atoms with Crippen molar-refractivity contribution in [2.24, 2.45) is 0 Å². The molecule has 1 aliphatic rings. The van der Waals surface area contributed by atoms with Gasteiger partial charge in [-0.25, -0.2) is 9.18 Å². The van der Waals surface area contributed by atoms with Gasteiger partial charge in [-0.05, 0) is 35.9 Å². The maximum absolute atomic E-state index is 13.1. The topological polar surface area (TPSA) is 61.4 Å². The number of carbonyl (C=O) groups is 2. The van der Waals surface area contributed by atoms with E-state index >= 15 is 0 Å². The molecule has 3 rings (SSSR count). The number of nitrogens with zero attached hydrogens (tertiary/aromatic N) is 1. The van der Waals surface area contributed by atoms with Gasteiger partial charge in [0.15, 0.2) is 0 Å². The Labute approximate surface area is 143 Å². The number of hydrogen-bond donors (Lipinski definition) is 2. The van der Waals surface area contributed by atoms with Crippen LogP contribution in [0, 0.1) is 5.82 Å². The van der Waals surface area contributed by atoms with Crippen molar-refractivity contribution in [3.05, 3.63) is 64.9 Å². The second-order valence-corrected chi connectivity index (χ2v) is 5.82. The number of urea groups is 1. The fourth-order valence-corrected chi connectivity index (χ4v) is 2.81. The molecule has 0 aliphatic carbocycles. The van der Waals surface area contributed by atoms with Crippen LogP contribution in [-0.2, 0) is 4.79 Å². The molecule has 1 saturated heterocycles. The average Bonchev–Trinajstić information content (AvgIpc) is 2.55. The van der Waals surface area contributed by atoms with Gasteiger partial charge in [-0.15, -0.1) is 0 Å². The molecule has 1 heterocycles. The van der Waals surface area contributed by atoms with Gasteiger partial charge in [0.05, 0.1) is 0 Å². The van der Waals surface area contributed by atoms with Gasteiger partial charge < -0.3 is 15.5 Å². The van der Waals surface area contributed by atoms with E-state index < -0.39 is 17.9 Å². The molecule has 1 atom stereocenters. The summed E-state index contributed by atoms with van der Waals surface area (Å²) in [6.07, 6.45) is 0. The lowest BCUT2D eigenvalue weighted by molar-refractivity contribution is -0.127. The van der Waals surface area contributed by atoms with Crippen LogP contribution in [0.15, 0.2) is 48.5 Å². The Hall–Kier alpha value is -2.60. The lowest BCUT2D eigenvalue weighted by Gasteiger charge is -2.35. The Morgan fingerprint density at radius 3 is 2.71 bits per heavy atom. The smallest absolute Gasteiger partial charge is 0.322 e. The molecular weight excluding hydrogens is 333 g/mol. The Kier molecular flexibility index (Phi) is 4.66. The van der Waals surface area contributed by atoms with Crippen molar-refractivity contribution in [3.8, 4) is 0 Å².